The van der Waals surface area contributed by atoms with Gasteiger partial charge >= 0.3 is 0 Å². The smallest absolute Gasteiger partial charge is 0.184 e. The minimum atomic E-state index is -1.30. The average Bonchev–Trinajstić information content (AvgIpc) is 2.58. The molecule has 5 atom stereocenters. The Hall–Kier alpha value is -2.00. The summed E-state index contributed by atoms with van der Waals surface area (Å²) in [5.41, 5.74) is 0. The van der Waals surface area contributed by atoms with Crippen molar-refractivity contribution in [1.29, 1.82) is 0 Å². The van der Waals surface area contributed by atoms with Crippen molar-refractivity contribution in [2.45, 2.75) is 30.7 Å². The zero-order chi connectivity index (χ0) is 17.8. The number of hydrogen-bond acceptors (Lipinski definition) is 6. The predicted octanol–water partition coefficient (Wildman–Crippen LogP) is -0.591. The largest absolute Gasteiger partial charge is 0.366 e. The fourth-order valence-corrected chi connectivity index (χ4v) is 2.26. The Balaban J connectivity index is 2.94. The van der Waals surface area contributed by atoms with Crippen LogP contribution in [0.4, 0.5) is 0 Å². The molecule has 1 aliphatic rings. The summed E-state index contributed by atoms with van der Waals surface area (Å²) in [4.78, 5) is 0. The zero-order valence-electron chi connectivity index (χ0n) is 13.2. The normalized spacial score (nSPS) is 29.0. The number of hydrogen-bond donors (Lipinski definition) is 1. The Labute approximate surface area is 142 Å². The summed E-state index contributed by atoms with van der Waals surface area (Å²) >= 11 is 0. The van der Waals surface area contributed by atoms with Crippen LogP contribution in [0.3, 0.4) is 0 Å². The van der Waals surface area contributed by atoms with Gasteiger partial charge in [0.15, 0.2) is 6.29 Å². The van der Waals surface area contributed by atoms with Gasteiger partial charge in [-0.2, -0.15) is 0 Å². The van der Waals surface area contributed by atoms with Crippen LogP contribution in [0, 0.1) is 49.4 Å². The van der Waals surface area contributed by atoms with Gasteiger partial charge in [0.2, 0.25) is 0 Å². The lowest BCUT2D eigenvalue weighted by atomic mass is 9.98. The first-order chi connectivity index (χ1) is 11.7. The summed E-state index contributed by atoms with van der Waals surface area (Å²) in [6.45, 7) is 0.120. The third-order valence-electron chi connectivity index (χ3n) is 3.15. The van der Waals surface area contributed by atoms with E-state index in [2.05, 4.69) is 23.7 Å². The fraction of sp³-hybridized carbons (Fsp3) is 0.556. The van der Waals surface area contributed by atoms with E-state index in [4.69, 9.17) is 49.4 Å². The third kappa shape index (κ3) is 5.89. The van der Waals surface area contributed by atoms with E-state index < -0.39 is 30.7 Å². The SMILES string of the molecule is C#CCOCC1OC(O)C(OCC#C)C(OCC#C)C1OCC#C. The van der Waals surface area contributed by atoms with Gasteiger partial charge in [0, 0.05) is 0 Å². The minimum Gasteiger partial charge on any atom is -0.366 e. The standard InChI is InChI=1S/C18H20O6/c1-5-9-20-13-14-15(21-10-6-2)16(22-11-7-3)17(18(19)24-14)23-12-8-4/h1-4,14-19H,9-13H2. The topological polar surface area (TPSA) is 66.4 Å². The molecule has 128 valence electrons. The zero-order valence-corrected chi connectivity index (χ0v) is 13.2. The fourth-order valence-electron chi connectivity index (χ4n) is 2.26. The van der Waals surface area contributed by atoms with Crippen LogP contribution in [-0.4, -0.2) is 68.8 Å². The maximum Gasteiger partial charge on any atom is 0.184 e. The van der Waals surface area contributed by atoms with Crippen LogP contribution >= 0.6 is 0 Å². The lowest BCUT2D eigenvalue weighted by Gasteiger charge is -2.43. The predicted molar refractivity (Wildman–Crippen MR) is 86.3 cm³/mol. The molecule has 0 radical (unpaired) electrons. The van der Waals surface area contributed by atoms with E-state index in [0.29, 0.717) is 0 Å². The van der Waals surface area contributed by atoms with E-state index in [0.717, 1.165) is 0 Å². The Morgan fingerprint density at radius 1 is 0.750 bits per heavy atom. The summed E-state index contributed by atoms with van der Waals surface area (Å²) in [5.74, 6) is 9.38. The van der Waals surface area contributed by atoms with Crippen molar-refractivity contribution < 1.29 is 28.8 Å². The van der Waals surface area contributed by atoms with Crippen molar-refractivity contribution in [3.63, 3.8) is 0 Å². The van der Waals surface area contributed by atoms with Crippen LogP contribution in [-0.2, 0) is 23.7 Å². The van der Waals surface area contributed by atoms with Gasteiger partial charge in [-0.15, -0.1) is 25.7 Å². The van der Waals surface area contributed by atoms with Gasteiger partial charge in [-0.3, -0.25) is 0 Å². The molecule has 0 aliphatic carbocycles. The molecule has 0 aromatic heterocycles. The monoisotopic (exact) mass is 332 g/mol. The first kappa shape index (κ1) is 20.0. The molecule has 6 nitrogen and oxygen atoms in total. The molecule has 1 heterocycles. The van der Waals surface area contributed by atoms with Crippen molar-refractivity contribution in [3.8, 4) is 49.4 Å². The van der Waals surface area contributed by atoms with Crippen LogP contribution in [0.1, 0.15) is 0 Å². The molecule has 1 fully saturated rings. The molecule has 0 saturated carbocycles. The molecule has 0 aromatic rings. The highest BCUT2D eigenvalue weighted by atomic mass is 16.7. The molecule has 1 rings (SSSR count). The van der Waals surface area contributed by atoms with Crippen molar-refractivity contribution in [3.05, 3.63) is 0 Å². The third-order valence-corrected chi connectivity index (χ3v) is 3.15. The molecule has 1 aliphatic heterocycles. The van der Waals surface area contributed by atoms with Gasteiger partial charge in [-0.25, -0.2) is 0 Å². The second-order valence-electron chi connectivity index (χ2n) is 4.72. The maximum atomic E-state index is 10.2. The summed E-state index contributed by atoms with van der Waals surface area (Å²) in [7, 11) is 0. The molecular formula is C18H20O6. The van der Waals surface area contributed by atoms with Gasteiger partial charge in [0.25, 0.3) is 0 Å². The number of ether oxygens (including phenoxy) is 5. The van der Waals surface area contributed by atoms with E-state index in [-0.39, 0.29) is 33.0 Å². The molecule has 5 unspecified atom stereocenters. The van der Waals surface area contributed by atoms with Crippen molar-refractivity contribution >= 4 is 0 Å². The maximum absolute atomic E-state index is 10.2. The van der Waals surface area contributed by atoms with Crippen molar-refractivity contribution in [1.82, 2.24) is 0 Å². The molecule has 0 bridgehead atoms. The molecule has 0 spiro atoms. The number of aliphatic hydroxyl groups excluding tert-OH is 1. The number of terminal acetylenes is 4. The van der Waals surface area contributed by atoms with Gasteiger partial charge in [-0.05, 0) is 0 Å². The van der Waals surface area contributed by atoms with Crippen molar-refractivity contribution in [2.24, 2.45) is 0 Å². The van der Waals surface area contributed by atoms with Crippen LogP contribution in [0.25, 0.3) is 0 Å². The Morgan fingerprint density at radius 3 is 1.79 bits per heavy atom. The molecule has 6 heteroatoms. The average molecular weight is 332 g/mol. The molecule has 1 saturated heterocycles. The van der Waals surface area contributed by atoms with Crippen LogP contribution in [0.5, 0.6) is 0 Å². The summed E-state index contributed by atoms with van der Waals surface area (Å²) in [6.07, 6.45) is 16.5. The Morgan fingerprint density at radius 2 is 1.25 bits per heavy atom. The van der Waals surface area contributed by atoms with Gasteiger partial charge in [0.05, 0.1) is 6.61 Å². The number of aliphatic hydroxyl groups is 1. The summed E-state index contributed by atoms with van der Waals surface area (Å²) < 4.78 is 27.4. The van der Waals surface area contributed by atoms with Crippen LogP contribution in [0.15, 0.2) is 0 Å². The van der Waals surface area contributed by atoms with E-state index >= 15 is 0 Å². The molecule has 1 N–H and O–H groups in total. The molecule has 0 amide bonds. The van der Waals surface area contributed by atoms with E-state index in [1.807, 2.05) is 0 Å². The lowest BCUT2D eigenvalue weighted by Crippen LogP contribution is -2.61. The molecular weight excluding hydrogens is 312 g/mol. The summed E-state index contributed by atoms with van der Waals surface area (Å²) in [5, 5.41) is 10.2. The van der Waals surface area contributed by atoms with E-state index in [1.54, 1.807) is 0 Å². The van der Waals surface area contributed by atoms with Gasteiger partial charge in [-0.1, -0.05) is 23.7 Å². The first-order valence-corrected chi connectivity index (χ1v) is 7.19. The van der Waals surface area contributed by atoms with Crippen LogP contribution < -0.4 is 0 Å². The number of rotatable bonds is 9. The molecule has 0 aromatic carbocycles. The Kier molecular flexibility index (Phi) is 9.62. The van der Waals surface area contributed by atoms with Gasteiger partial charge < -0.3 is 28.8 Å². The Bertz CT molecular complexity index is 532. The highest BCUT2D eigenvalue weighted by molar-refractivity contribution is 4.97. The highest BCUT2D eigenvalue weighted by Crippen LogP contribution is 2.27. The van der Waals surface area contributed by atoms with Crippen molar-refractivity contribution in [2.75, 3.05) is 33.0 Å². The minimum absolute atomic E-state index is 0.00747. The molecule has 24 heavy (non-hydrogen) atoms. The van der Waals surface area contributed by atoms with E-state index in [9.17, 15) is 5.11 Å². The van der Waals surface area contributed by atoms with Gasteiger partial charge in [0.1, 0.15) is 50.8 Å². The van der Waals surface area contributed by atoms with Crippen LogP contribution in [0.2, 0.25) is 0 Å². The quantitative estimate of drug-likeness (QED) is 0.450. The second-order valence-corrected chi connectivity index (χ2v) is 4.72. The summed E-state index contributed by atoms with van der Waals surface area (Å²) in [6, 6.07) is 0. The first-order valence-electron chi connectivity index (χ1n) is 7.19. The lowest BCUT2D eigenvalue weighted by molar-refractivity contribution is -0.306. The highest BCUT2D eigenvalue weighted by Gasteiger charge is 2.47. The second kappa shape index (κ2) is 11.5. The van der Waals surface area contributed by atoms with E-state index in [1.165, 1.54) is 0 Å².